The van der Waals surface area contributed by atoms with Crippen molar-refractivity contribution in [1.29, 1.82) is 0 Å². The third kappa shape index (κ3) is 6.85. The number of amides is 2. The number of hydrogen-bond donors (Lipinski definition) is 0. The summed E-state index contributed by atoms with van der Waals surface area (Å²) in [5.74, 6) is -0.750. The lowest BCUT2D eigenvalue weighted by molar-refractivity contribution is -0.132. The number of rotatable bonds is 9. The maximum Gasteiger partial charge on any atom is 0.254 e. The van der Waals surface area contributed by atoms with Gasteiger partial charge in [0.1, 0.15) is 11.6 Å². The topological polar surface area (TPSA) is 43.9 Å². The van der Waals surface area contributed by atoms with Gasteiger partial charge in [0.05, 0.1) is 0 Å². The summed E-state index contributed by atoms with van der Waals surface area (Å²) in [4.78, 5) is 31.1. The molecule has 2 aromatic rings. The average molecular weight is 444 g/mol. The lowest BCUT2D eigenvalue weighted by Crippen LogP contribution is -2.50. The quantitative estimate of drug-likeness (QED) is 0.590. The van der Waals surface area contributed by atoms with E-state index in [0.29, 0.717) is 57.8 Å². The molecule has 2 aromatic carbocycles. The molecule has 0 aliphatic carbocycles. The fourth-order valence-electron chi connectivity index (χ4n) is 3.83. The highest BCUT2D eigenvalue weighted by atomic mass is 19.1. The summed E-state index contributed by atoms with van der Waals surface area (Å²) >= 11 is 0. The number of carbonyl (C=O) groups excluding carboxylic acids is 2. The molecule has 2 amide bonds. The normalized spacial score (nSPS) is 14.4. The Morgan fingerprint density at radius 2 is 1.69 bits per heavy atom. The Balaban J connectivity index is 1.52. The first-order chi connectivity index (χ1) is 15.5. The summed E-state index contributed by atoms with van der Waals surface area (Å²) in [6.07, 6.45) is 2.31. The van der Waals surface area contributed by atoms with Crippen LogP contribution in [0.4, 0.5) is 8.78 Å². The van der Waals surface area contributed by atoms with Gasteiger partial charge in [-0.1, -0.05) is 31.5 Å². The van der Waals surface area contributed by atoms with E-state index in [2.05, 4.69) is 11.8 Å². The Labute approximate surface area is 188 Å². The molecule has 1 fully saturated rings. The van der Waals surface area contributed by atoms with Crippen LogP contribution in [0.5, 0.6) is 0 Å². The molecule has 0 radical (unpaired) electrons. The molecule has 32 heavy (non-hydrogen) atoms. The van der Waals surface area contributed by atoms with E-state index in [1.54, 1.807) is 29.2 Å². The van der Waals surface area contributed by atoms with Crippen molar-refractivity contribution in [2.24, 2.45) is 0 Å². The van der Waals surface area contributed by atoms with Crippen LogP contribution in [0.2, 0.25) is 0 Å². The minimum atomic E-state index is -0.413. The molecule has 1 aliphatic rings. The van der Waals surface area contributed by atoms with Crippen molar-refractivity contribution in [2.75, 3.05) is 39.3 Å². The average Bonchev–Trinajstić information content (AvgIpc) is 2.81. The van der Waals surface area contributed by atoms with Crippen LogP contribution < -0.4 is 0 Å². The molecule has 5 nitrogen and oxygen atoms in total. The van der Waals surface area contributed by atoms with Crippen molar-refractivity contribution in [2.45, 2.75) is 32.7 Å². The maximum absolute atomic E-state index is 13.4. The van der Waals surface area contributed by atoms with Crippen LogP contribution in [0.3, 0.4) is 0 Å². The molecule has 0 spiro atoms. The van der Waals surface area contributed by atoms with Gasteiger partial charge in [-0.05, 0) is 42.3 Å². The zero-order valence-corrected chi connectivity index (χ0v) is 18.6. The largest absolute Gasteiger partial charge is 0.337 e. The summed E-state index contributed by atoms with van der Waals surface area (Å²) in [5, 5.41) is 0. The molecule has 0 atom stereocenters. The second kappa shape index (κ2) is 11.7. The third-order valence-electron chi connectivity index (χ3n) is 5.80. The van der Waals surface area contributed by atoms with Gasteiger partial charge in [0, 0.05) is 57.8 Å². The third-order valence-corrected chi connectivity index (χ3v) is 5.80. The minimum Gasteiger partial charge on any atom is -0.337 e. The molecule has 0 aromatic heterocycles. The smallest absolute Gasteiger partial charge is 0.254 e. The number of halogens is 2. The molecule has 1 aliphatic heterocycles. The first-order valence-electron chi connectivity index (χ1n) is 11.3. The monoisotopic (exact) mass is 443 g/mol. The van der Waals surface area contributed by atoms with Crippen molar-refractivity contribution < 1.29 is 18.4 Å². The second-order valence-electron chi connectivity index (χ2n) is 8.19. The Kier molecular flexibility index (Phi) is 8.73. The molecule has 1 saturated heterocycles. The fraction of sp³-hybridized carbons (Fsp3) is 0.440. The van der Waals surface area contributed by atoms with Gasteiger partial charge in [-0.15, -0.1) is 0 Å². The number of carbonyl (C=O) groups is 2. The van der Waals surface area contributed by atoms with Crippen LogP contribution in [0.1, 0.15) is 42.1 Å². The number of hydrogen-bond acceptors (Lipinski definition) is 3. The van der Waals surface area contributed by atoms with Gasteiger partial charge in [-0.3, -0.25) is 14.5 Å². The molecule has 1 heterocycles. The SMILES string of the molecule is CCCCC(=O)N(CCN1CCN(C(=O)c2cccc(F)c2)CC1)Cc1ccc(F)cc1. The van der Waals surface area contributed by atoms with E-state index in [4.69, 9.17) is 0 Å². The lowest BCUT2D eigenvalue weighted by Gasteiger charge is -2.36. The van der Waals surface area contributed by atoms with Crippen molar-refractivity contribution in [1.82, 2.24) is 14.7 Å². The zero-order valence-electron chi connectivity index (χ0n) is 18.6. The maximum atomic E-state index is 13.4. The van der Waals surface area contributed by atoms with Gasteiger partial charge < -0.3 is 9.80 Å². The summed E-state index contributed by atoms with van der Waals surface area (Å²) in [7, 11) is 0. The van der Waals surface area contributed by atoms with Crippen molar-refractivity contribution in [3.05, 3.63) is 71.3 Å². The summed E-state index contributed by atoms with van der Waals surface area (Å²) in [6, 6.07) is 12.0. The fourth-order valence-corrected chi connectivity index (χ4v) is 3.83. The van der Waals surface area contributed by atoms with Gasteiger partial charge >= 0.3 is 0 Å². The molecule has 0 unspecified atom stereocenters. The summed E-state index contributed by atoms with van der Waals surface area (Å²) in [6.45, 7) is 6.35. The van der Waals surface area contributed by atoms with E-state index in [-0.39, 0.29) is 17.6 Å². The Morgan fingerprint density at radius 1 is 0.969 bits per heavy atom. The number of nitrogens with zero attached hydrogens (tertiary/aromatic N) is 3. The lowest BCUT2D eigenvalue weighted by atomic mass is 10.1. The van der Waals surface area contributed by atoms with Crippen LogP contribution in [0.25, 0.3) is 0 Å². The highest BCUT2D eigenvalue weighted by molar-refractivity contribution is 5.94. The van der Waals surface area contributed by atoms with Gasteiger partial charge in [-0.2, -0.15) is 0 Å². The van der Waals surface area contributed by atoms with Crippen LogP contribution in [-0.4, -0.2) is 65.8 Å². The second-order valence-corrected chi connectivity index (χ2v) is 8.19. The van der Waals surface area contributed by atoms with E-state index in [1.165, 1.54) is 24.3 Å². The number of unbranched alkanes of at least 4 members (excludes halogenated alkanes) is 1. The molecular formula is C25H31F2N3O2. The predicted octanol–water partition coefficient (Wildman–Crippen LogP) is 3.94. The van der Waals surface area contributed by atoms with Crippen LogP contribution >= 0.6 is 0 Å². The zero-order chi connectivity index (χ0) is 22.9. The van der Waals surface area contributed by atoms with E-state index in [1.807, 2.05) is 4.90 Å². The van der Waals surface area contributed by atoms with Gasteiger partial charge in [0.25, 0.3) is 5.91 Å². The molecule has 172 valence electrons. The van der Waals surface area contributed by atoms with Crippen molar-refractivity contribution in [3.8, 4) is 0 Å². The highest BCUT2D eigenvalue weighted by Gasteiger charge is 2.23. The standard InChI is InChI=1S/C25H31F2N3O2/c1-2-3-7-24(31)30(19-20-8-10-22(26)11-9-20)17-14-28-12-15-29(16-13-28)25(32)21-5-4-6-23(27)18-21/h4-6,8-11,18H,2-3,7,12-17,19H2,1H3. The van der Waals surface area contributed by atoms with Crippen LogP contribution in [0.15, 0.2) is 48.5 Å². The van der Waals surface area contributed by atoms with Gasteiger partial charge in [0.2, 0.25) is 5.91 Å². The van der Waals surface area contributed by atoms with Crippen LogP contribution in [0, 0.1) is 11.6 Å². The molecule has 0 bridgehead atoms. The predicted molar refractivity (Wildman–Crippen MR) is 120 cm³/mol. The van der Waals surface area contributed by atoms with E-state index in [0.717, 1.165) is 18.4 Å². The molecule has 3 rings (SSSR count). The molecule has 0 N–H and O–H groups in total. The number of benzene rings is 2. The molecule has 0 saturated carbocycles. The summed E-state index contributed by atoms with van der Waals surface area (Å²) in [5.41, 5.74) is 1.27. The van der Waals surface area contributed by atoms with E-state index < -0.39 is 5.82 Å². The number of piperazine rings is 1. The van der Waals surface area contributed by atoms with Gasteiger partial charge in [0.15, 0.2) is 0 Å². The first kappa shape index (κ1) is 23.9. The van der Waals surface area contributed by atoms with Gasteiger partial charge in [-0.25, -0.2) is 8.78 Å². The summed E-state index contributed by atoms with van der Waals surface area (Å²) < 4.78 is 26.6. The minimum absolute atomic E-state index is 0.107. The first-order valence-corrected chi connectivity index (χ1v) is 11.3. The highest BCUT2D eigenvalue weighted by Crippen LogP contribution is 2.13. The van der Waals surface area contributed by atoms with Crippen LogP contribution in [-0.2, 0) is 11.3 Å². The Morgan fingerprint density at radius 3 is 2.34 bits per heavy atom. The van der Waals surface area contributed by atoms with E-state index >= 15 is 0 Å². The molecular weight excluding hydrogens is 412 g/mol. The van der Waals surface area contributed by atoms with Crippen molar-refractivity contribution in [3.63, 3.8) is 0 Å². The molecule has 7 heteroatoms. The Bertz CT molecular complexity index is 896. The van der Waals surface area contributed by atoms with Crippen molar-refractivity contribution >= 4 is 11.8 Å². The Hall–Kier alpha value is -2.80. The van der Waals surface area contributed by atoms with E-state index in [9.17, 15) is 18.4 Å².